The normalized spacial score (nSPS) is 10.6. The van der Waals surface area contributed by atoms with Crippen molar-refractivity contribution in [2.24, 2.45) is 0 Å². The van der Waals surface area contributed by atoms with Crippen molar-refractivity contribution in [2.75, 3.05) is 19.9 Å². The molecule has 102 valence electrons. The lowest BCUT2D eigenvalue weighted by Crippen LogP contribution is -2.09. The first-order chi connectivity index (χ1) is 9.33. The van der Waals surface area contributed by atoms with Gasteiger partial charge in [0.25, 0.3) is 0 Å². The van der Waals surface area contributed by atoms with Gasteiger partial charge < -0.3 is 10.1 Å². The van der Waals surface area contributed by atoms with Crippen LogP contribution in [0.25, 0.3) is 0 Å². The van der Waals surface area contributed by atoms with E-state index in [0.29, 0.717) is 13.2 Å². The highest BCUT2D eigenvalue weighted by molar-refractivity contribution is 7.98. The fourth-order valence-electron chi connectivity index (χ4n) is 1.70. The lowest BCUT2D eigenvalue weighted by Gasteiger charge is -2.09. The van der Waals surface area contributed by atoms with E-state index >= 15 is 0 Å². The Kier molecular flexibility index (Phi) is 5.23. The number of benzene rings is 1. The first kappa shape index (κ1) is 13.9. The summed E-state index contributed by atoms with van der Waals surface area (Å²) in [6.45, 7) is 2.01. The fraction of sp³-hybridized carbons (Fsp3) is 0.385. The van der Waals surface area contributed by atoms with E-state index in [0.717, 1.165) is 22.9 Å². The van der Waals surface area contributed by atoms with E-state index < -0.39 is 0 Å². The molecule has 0 saturated carbocycles. The summed E-state index contributed by atoms with van der Waals surface area (Å²) in [4.78, 5) is 1.15. The van der Waals surface area contributed by atoms with Gasteiger partial charge in [-0.15, -0.1) is 16.9 Å². The van der Waals surface area contributed by atoms with Gasteiger partial charge in [-0.05, 0) is 25.4 Å². The van der Waals surface area contributed by atoms with Crippen LogP contribution in [0.15, 0.2) is 35.4 Å². The van der Waals surface area contributed by atoms with Gasteiger partial charge in [0.15, 0.2) is 0 Å². The third-order valence-corrected chi connectivity index (χ3v) is 3.37. The molecule has 1 N–H and O–H groups in total. The number of nitrogens with zero attached hydrogens (tertiary/aromatic N) is 3. The number of aromatic nitrogens is 3. The Bertz CT molecular complexity index is 515. The molecule has 0 fully saturated rings. The van der Waals surface area contributed by atoms with E-state index in [1.807, 2.05) is 37.7 Å². The topological polar surface area (TPSA) is 52.0 Å². The summed E-state index contributed by atoms with van der Waals surface area (Å²) >= 11 is 1.68. The Morgan fingerprint density at radius 3 is 3.00 bits per heavy atom. The molecule has 0 amide bonds. The zero-order valence-corrected chi connectivity index (χ0v) is 12.0. The fourth-order valence-corrected chi connectivity index (χ4v) is 2.24. The van der Waals surface area contributed by atoms with Crippen molar-refractivity contribution >= 4 is 11.8 Å². The van der Waals surface area contributed by atoms with Crippen LogP contribution in [0.5, 0.6) is 5.75 Å². The molecule has 0 aliphatic carbocycles. The van der Waals surface area contributed by atoms with Crippen LogP contribution < -0.4 is 10.1 Å². The van der Waals surface area contributed by atoms with Crippen molar-refractivity contribution in [3.8, 4) is 5.75 Å². The lowest BCUT2D eigenvalue weighted by molar-refractivity contribution is 0.283. The minimum absolute atomic E-state index is 0.583. The molecule has 19 heavy (non-hydrogen) atoms. The van der Waals surface area contributed by atoms with E-state index in [2.05, 4.69) is 21.7 Å². The third-order valence-electron chi connectivity index (χ3n) is 2.59. The monoisotopic (exact) mass is 278 g/mol. The van der Waals surface area contributed by atoms with Crippen molar-refractivity contribution in [2.45, 2.75) is 18.0 Å². The molecule has 0 radical (unpaired) electrons. The van der Waals surface area contributed by atoms with Gasteiger partial charge in [0, 0.05) is 17.6 Å². The van der Waals surface area contributed by atoms with Crippen LogP contribution in [-0.2, 0) is 13.1 Å². The van der Waals surface area contributed by atoms with E-state index in [4.69, 9.17) is 4.74 Å². The molecular formula is C13H18N4OS. The number of thioether (sulfide) groups is 1. The van der Waals surface area contributed by atoms with Crippen LogP contribution in [0.3, 0.4) is 0 Å². The van der Waals surface area contributed by atoms with Crippen molar-refractivity contribution in [3.05, 3.63) is 36.2 Å². The van der Waals surface area contributed by atoms with Crippen molar-refractivity contribution in [1.29, 1.82) is 0 Å². The highest BCUT2D eigenvalue weighted by Gasteiger charge is 2.02. The van der Waals surface area contributed by atoms with Crippen LogP contribution in [-0.4, -0.2) is 34.9 Å². The van der Waals surface area contributed by atoms with Crippen molar-refractivity contribution in [1.82, 2.24) is 20.3 Å². The molecule has 1 heterocycles. The molecule has 0 saturated heterocycles. The molecule has 0 unspecified atom stereocenters. The van der Waals surface area contributed by atoms with Crippen LogP contribution in [0.4, 0.5) is 0 Å². The first-order valence-electron chi connectivity index (χ1n) is 6.13. The maximum atomic E-state index is 5.78. The summed E-state index contributed by atoms with van der Waals surface area (Å²) in [7, 11) is 1.89. The summed E-state index contributed by atoms with van der Waals surface area (Å²) in [5.74, 6) is 0.922. The molecule has 1 aromatic carbocycles. The number of ether oxygens (including phenoxy) is 1. The molecular weight excluding hydrogens is 260 g/mol. The van der Waals surface area contributed by atoms with Gasteiger partial charge in [-0.2, -0.15) is 0 Å². The van der Waals surface area contributed by atoms with Crippen LogP contribution in [0.1, 0.15) is 5.69 Å². The molecule has 0 aliphatic rings. The zero-order chi connectivity index (χ0) is 13.5. The predicted octanol–water partition coefficient (Wildman–Crippen LogP) is 1.80. The Balaban J connectivity index is 1.85. The second-order valence-electron chi connectivity index (χ2n) is 4.00. The number of para-hydroxylation sites is 1. The second-order valence-corrected chi connectivity index (χ2v) is 4.85. The molecule has 5 nitrogen and oxygen atoms in total. The smallest absolute Gasteiger partial charge is 0.132 e. The standard InChI is InChI=1S/C13H18N4OS/c1-14-9-11-10-17(16-15-11)7-8-18-12-5-3-4-6-13(12)19-2/h3-6,10,14H,7-9H2,1-2H3. The largest absolute Gasteiger partial charge is 0.490 e. The Morgan fingerprint density at radius 1 is 1.37 bits per heavy atom. The summed E-state index contributed by atoms with van der Waals surface area (Å²) in [6, 6.07) is 8.04. The predicted molar refractivity (Wildman–Crippen MR) is 76.5 cm³/mol. The Morgan fingerprint density at radius 2 is 2.21 bits per heavy atom. The van der Waals surface area contributed by atoms with Gasteiger partial charge in [0.1, 0.15) is 12.4 Å². The first-order valence-corrected chi connectivity index (χ1v) is 7.35. The molecule has 1 aromatic heterocycles. The van der Waals surface area contributed by atoms with Gasteiger partial charge in [-0.25, -0.2) is 4.68 Å². The van der Waals surface area contributed by atoms with E-state index in [-0.39, 0.29) is 0 Å². The minimum atomic E-state index is 0.583. The van der Waals surface area contributed by atoms with E-state index in [1.54, 1.807) is 16.4 Å². The maximum Gasteiger partial charge on any atom is 0.132 e. The quantitative estimate of drug-likeness (QED) is 0.783. The average Bonchev–Trinajstić information content (AvgIpc) is 2.87. The number of rotatable bonds is 7. The van der Waals surface area contributed by atoms with Crippen molar-refractivity contribution in [3.63, 3.8) is 0 Å². The van der Waals surface area contributed by atoms with Crippen molar-refractivity contribution < 1.29 is 4.74 Å². The van der Waals surface area contributed by atoms with Crippen LogP contribution in [0.2, 0.25) is 0 Å². The molecule has 2 aromatic rings. The zero-order valence-electron chi connectivity index (χ0n) is 11.2. The van der Waals surface area contributed by atoms with Crippen LogP contribution >= 0.6 is 11.8 Å². The molecule has 0 aliphatic heterocycles. The average molecular weight is 278 g/mol. The summed E-state index contributed by atoms with van der Waals surface area (Å²) < 4.78 is 7.58. The highest BCUT2D eigenvalue weighted by atomic mass is 32.2. The third kappa shape index (κ3) is 3.97. The highest BCUT2D eigenvalue weighted by Crippen LogP contribution is 2.26. The van der Waals surface area contributed by atoms with E-state index in [9.17, 15) is 0 Å². The number of hydrogen-bond acceptors (Lipinski definition) is 5. The van der Waals surface area contributed by atoms with Gasteiger partial charge in [0.2, 0.25) is 0 Å². The summed E-state index contributed by atoms with van der Waals surface area (Å²) in [6.07, 6.45) is 3.98. The summed E-state index contributed by atoms with van der Waals surface area (Å²) in [5, 5.41) is 11.2. The van der Waals surface area contributed by atoms with Gasteiger partial charge in [-0.1, -0.05) is 17.3 Å². The summed E-state index contributed by atoms with van der Waals surface area (Å²) in [5.41, 5.74) is 0.937. The Hall–Kier alpha value is -1.53. The van der Waals surface area contributed by atoms with Gasteiger partial charge >= 0.3 is 0 Å². The van der Waals surface area contributed by atoms with Crippen LogP contribution in [0, 0.1) is 0 Å². The number of nitrogens with one attached hydrogen (secondary N) is 1. The molecule has 0 spiro atoms. The molecule has 0 bridgehead atoms. The van der Waals surface area contributed by atoms with E-state index in [1.165, 1.54) is 0 Å². The van der Waals surface area contributed by atoms with Gasteiger partial charge in [0.05, 0.1) is 12.2 Å². The molecule has 6 heteroatoms. The minimum Gasteiger partial charge on any atom is -0.490 e. The maximum absolute atomic E-state index is 5.78. The molecule has 2 rings (SSSR count). The van der Waals surface area contributed by atoms with Gasteiger partial charge in [-0.3, -0.25) is 0 Å². The molecule has 0 atom stereocenters. The second kappa shape index (κ2) is 7.16. The Labute approximate surface area is 117 Å². The number of hydrogen-bond donors (Lipinski definition) is 1. The lowest BCUT2D eigenvalue weighted by atomic mass is 10.3. The SMILES string of the molecule is CNCc1cn(CCOc2ccccc2SC)nn1.